The predicted molar refractivity (Wildman–Crippen MR) is 80.3 cm³/mol. The molecule has 0 aliphatic heterocycles. The maximum atomic E-state index is 11.9. The van der Waals surface area contributed by atoms with E-state index in [4.69, 9.17) is 4.74 Å². The average Bonchev–Trinajstić information content (AvgIpc) is 2.54. The van der Waals surface area contributed by atoms with Crippen molar-refractivity contribution < 1.29 is 14.3 Å². The van der Waals surface area contributed by atoms with Gasteiger partial charge in [0.25, 0.3) is 5.91 Å². The summed E-state index contributed by atoms with van der Waals surface area (Å²) >= 11 is 0. The molecule has 0 saturated heterocycles. The van der Waals surface area contributed by atoms with Crippen LogP contribution in [0, 0.1) is 0 Å². The minimum atomic E-state index is -0.657. The summed E-state index contributed by atoms with van der Waals surface area (Å²) in [5.74, 6) is 0.175. The highest BCUT2D eigenvalue weighted by molar-refractivity contribution is 5.99. The molecule has 0 fully saturated rings. The van der Waals surface area contributed by atoms with Gasteiger partial charge in [0.1, 0.15) is 5.75 Å². The Labute approximate surface area is 123 Å². The molecule has 2 aromatic rings. The molecule has 0 heterocycles. The van der Waals surface area contributed by atoms with E-state index in [1.807, 2.05) is 24.3 Å². The fourth-order valence-corrected chi connectivity index (χ4v) is 1.79. The van der Waals surface area contributed by atoms with Crippen LogP contribution in [-0.2, 0) is 4.79 Å². The second kappa shape index (κ2) is 7.24. The number of hydrogen-bond acceptors (Lipinski definition) is 3. The van der Waals surface area contributed by atoms with Gasteiger partial charge in [0, 0.05) is 5.56 Å². The fourth-order valence-electron chi connectivity index (χ4n) is 1.79. The molecule has 0 spiro atoms. The van der Waals surface area contributed by atoms with Gasteiger partial charge in [-0.2, -0.15) is 0 Å². The number of rotatable bonds is 6. The number of hydrogen-bond donors (Lipinski definition) is 1. The number of carbonyl (C=O) groups excluding carboxylic acids is 2. The molecule has 0 radical (unpaired) electrons. The molecule has 1 amide bonds. The normalized spacial score (nSPS) is 11.5. The highest BCUT2D eigenvalue weighted by Gasteiger charge is 2.15. The SMILES string of the molecule is CC(Oc1ccccc1)C(=O)NCC(=O)c1ccccc1. The van der Waals surface area contributed by atoms with Gasteiger partial charge >= 0.3 is 0 Å². The van der Waals surface area contributed by atoms with E-state index in [1.54, 1.807) is 43.3 Å². The lowest BCUT2D eigenvalue weighted by Gasteiger charge is -2.14. The van der Waals surface area contributed by atoms with Crippen molar-refractivity contribution >= 4 is 11.7 Å². The van der Waals surface area contributed by atoms with Crippen LogP contribution in [-0.4, -0.2) is 24.3 Å². The van der Waals surface area contributed by atoms with Gasteiger partial charge in [-0.15, -0.1) is 0 Å². The van der Waals surface area contributed by atoms with Gasteiger partial charge in [-0.1, -0.05) is 48.5 Å². The Kier molecular flexibility index (Phi) is 5.10. The second-order valence-corrected chi connectivity index (χ2v) is 4.58. The summed E-state index contributed by atoms with van der Waals surface area (Å²) in [5.41, 5.74) is 0.578. The second-order valence-electron chi connectivity index (χ2n) is 4.58. The van der Waals surface area contributed by atoms with E-state index in [-0.39, 0.29) is 18.2 Å². The van der Waals surface area contributed by atoms with E-state index in [0.29, 0.717) is 11.3 Å². The molecule has 21 heavy (non-hydrogen) atoms. The van der Waals surface area contributed by atoms with Gasteiger partial charge in [-0.25, -0.2) is 0 Å². The molecule has 1 unspecified atom stereocenters. The molecule has 108 valence electrons. The van der Waals surface area contributed by atoms with Crippen LogP contribution >= 0.6 is 0 Å². The predicted octanol–water partition coefficient (Wildman–Crippen LogP) is 2.45. The van der Waals surface area contributed by atoms with Gasteiger partial charge in [0.2, 0.25) is 0 Å². The van der Waals surface area contributed by atoms with Crippen molar-refractivity contribution in [2.45, 2.75) is 13.0 Å². The zero-order valence-corrected chi connectivity index (χ0v) is 11.8. The molecular weight excluding hydrogens is 266 g/mol. The first-order valence-corrected chi connectivity index (χ1v) is 6.74. The molecule has 0 aliphatic rings. The van der Waals surface area contributed by atoms with Gasteiger partial charge in [-0.05, 0) is 19.1 Å². The van der Waals surface area contributed by atoms with Crippen molar-refractivity contribution in [3.8, 4) is 5.75 Å². The van der Waals surface area contributed by atoms with Crippen LogP contribution in [0.2, 0.25) is 0 Å². The molecular formula is C17H17NO3. The van der Waals surface area contributed by atoms with Crippen molar-refractivity contribution in [3.63, 3.8) is 0 Å². The number of para-hydroxylation sites is 1. The molecule has 0 aromatic heterocycles. The van der Waals surface area contributed by atoms with Gasteiger partial charge in [-0.3, -0.25) is 9.59 Å². The summed E-state index contributed by atoms with van der Waals surface area (Å²) in [5, 5.41) is 2.59. The Morgan fingerprint density at radius 1 is 1.00 bits per heavy atom. The number of Topliss-reactive ketones (excluding diaryl/α,β-unsaturated/α-hetero) is 1. The monoisotopic (exact) mass is 283 g/mol. The summed E-state index contributed by atoms with van der Waals surface area (Å²) in [7, 11) is 0. The summed E-state index contributed by atoms with van der Waals surface area (Å²) < 4.78 is 5.49. The van der Waals surface area contributed by atoms with Crippen LogP contribution < -0.4 is 10.1 Å². The van der Waals surface area contributed by atoms with E-state index in [1.165, 1.54) is 0 Å². The molecule has 0 aliphatic carbocycles. The van der Waals surface area contributed by atoms with Crippen LogP contribution in [0.1, 0.15) is 17.3 Å². The fraction of sp³-hybridized carbons (Fsp3) is 0.176. The Balaban J connectivity index is 1.83. The third-order valence-electron chi connectivity index (χ3n) is 2.94. The molecule has 4 nitrogen and oxygen atoms in total. The number of amides is 1. The van der Waals surface area contributed by atoms with Crippen LogP contribution in [0.15, 0.2) is 60.7 Å². The third kappa shape index (κ3) is 4.45. The minimum Gasteiger partial charge on any atom is -0.481 e. The van der Waals surface area contributed by atoms with E-state index < -0.39 is 6.10 Å². The molecule has 2 rings (SSSR count). The van der Waals surface area contributed by atoms with Crippen molar-refractivity contribution in [1.82, 2.24) is 5.32 Å². The van der Waals surface area contributed by atoms with Crippen LogP contribution in [0.4, 0.5) is 0 Å². The van der Waals surface area contributed by atoms with Gasteiger partial charge < -0.3 is 10.1 Å². The van der Waals surface area contributed by atoms with E-state index in [2.05, 4.69) is 5.32 Å². The van der Waals surface area contributed by atoms with E-state index in [9.17, 15) is 9.59 Å². The maximum absolute atomic E-state index is 11.9. The Hall–Kier alpha value is -2.62. The highest BCUT2D eigenvalue weighted by Crippen LogP contribution is 2.10. The average molecular weight is 283 g/mol. The topological polar surface area (TPSA) is 55.4 Å². The zero-order chi connectivity index (χ0) is 15.1. The lowest BCUT2D eigenvalue weighted by molar-refractivity contribution is -0.127. The summed E-state index contributed by atoms with van der Waals surface area (Å²) in [6.45, 7) is 1.61. The number of nitrogens with one attached hydrogen (secondary N) is 1. The lowest BCUT2D eigenvalue weighted by atomic mass is 10.1. The first-order chi connectivity index (χ1) is 10.2. The van der Waals surface area contributed by atoms with E-state index >= 15 is 0 Å². The molecule has 1 atom stereocenters. The van der Waals surface area contributed by atoms with Gasteiger partial charge in [0.05, 0.1) is 6.54 Å². The van der Waals surface area contributed by atoms with Gasteiger partial charge in [0.15, 0.2) is 11.9 Å². The molecule has 0 saturated carbocycles. The number of ether oxygens (including phenoxy) is 1. The summed E-state index contributed by atoms with van der Waals surface area (Å²) in [4.78, 5) is 23.8. The highest BCUT2D eigenvalue weighted by atomic mass is 16.5. The maximum Gasteiger partial charge on any atom is 0.261 e. The lowest BCUT2D eigenvalue weighted by Crippen LogP contribution is -2.39. The number of ketones is 1. The van der Waals surface area contributed by atoms with Crippen LogP contribution in [0.5, 0.6) is 5.75 Å². The summed E-state index contributed by atoms with van der Waals surface area (Å²) in [6.07, 6.45) is -0.657. The number of carbonyl (C=O) groups is 2. The molecule has 0 bridgehead atoms. The largest absolute Gasteiger partial charge is 0.481 e. The molecule has 2 aromatic carbocycles. The Bertz CT molecular complexity index is 596. The molecule has 4 heteroatoms. The van der Waals surface area contributed by atoms with Crippen molar-refractivity contribution in [1.29, 1.82) is 0 Å². The zero-order valence-electron chi connectivity index (χ0n) is 11.8. The quantitative estimate of drug-likeness (QED) is 0.828. The van der Waals surface area contributed by atoms with Crippen molar-refractivity contribution in [3.05, 3.63) is 66.2 Å². The first-order valence-electron chi connectivity index (χ1n) is 6.74. The standard InChI is InChI=1S/C17H17NO3/c1-13(21-15-10-6-3-7-11-15)17(20)18-12-16(19)14-8-4-2-5-9-14/h2-11,13H,12H2,1H3,(H,18,20). The smallest absolute Gasteiger partial charge is 0.261 e. The number of benzene rings is 2. The summed E-state index contributed by atoms with van der Waals surface area (Å²) in [6, 6.07) is 17.9. The minimum absolute atomic E-state index is 0.0364. The third-order valence-corrected chi connectivity index (χ3v) is 2.94. The first kappa shape index (κ1) is 14.8. The molecule has 1 N–H and O–H groups in total. The van der Waals surface area contributed by atoms with Crippen LogP contribution in [0.3, 0.4) is 0 Å². The van der Waals surface area contributed by atoms with Crippen LogP contribution in [0.25, 0.3) is 0 Å². The van der Waals surface area contributed by atoms with E-state index in [0.717, 1.165) is 0 Å². The Morgan fingerprint density at radius 2 is 1.57 bits per heavy atom. The van der Waals surface area contributed by atoms with Crippen molar-refractivity contribution in [2.24, 2.45) is 0 Å². The Morgan fingerprint density at radius 3 is 2.19 bits per heavy atom. The van der Waals surface area contributed by atoms with Crippen molar-refractivity contribution in [2.75, 3.05) is 6.54 Å².